The molecule has 2 heterocycles. The zero-order chi connectivity index (χ0) is 21.1. The molecule has 1 atom stereocenters. The van der Waals surface area contributed by atoms with Gasteiger partial charge in [-0.25, -0.2) is 0 Å². The second kappa shape index (κ2) is 8.49. The Hall–Kier alpha value is -3.47. The van der Waals surface area contributed by atoms with Gasteiger partial charge in [-0.1, -0.05) is 0 Å². The number of hydrogen-bond donors (Lipinski definition) is 1. The zero-order valence-electron chi connectivity index (χ0n) is 15.5. The van der Waals surface area contributed by atoms with Gasteiger partial charge in [0.1, 0.15) is 11.5 Å². The molecule has 3 aromatic rings. The Morgan fingerprint density at radius 1 is 1.10 bits per heavy atom. The average molecular weight is 435 g/mol. The fourth-order valence-electron chi connectivity index (χ4n) is 2.59. The lowest BCUT2D eigenvalue weighted by Crippen LogP contribution is -2.30. The minimum atomic E-state index is -2.89. The molecule has 1 amide bonds. The van der Waals surface area contributed by atoms with Crippen LogP contribution in [0.25, 0.3) is 11.4 Å². The Labute approximate surface area is 173 Å². The van der Waals surface area contributed by atoms with Crippen LogP contribution in [0.15, 0.2) is 42.5 Å². The summed E-state index contributed by atoms with van der Waals surface area (Å²) in [5, 5.41) is 2.92. The number of aromatic nitrogens is 2. The maximum atomic E-state index is 12.4. The first-order valence-corrected chi connectivity index (χ1v) is 9.51. The van der Waals surface area contributed by atoms with Crippen LogP contribution in [0.2, 0.25) is 0 Å². The lowest BCUT2D eigenvalue weighted by molar-refractivity contribution is -0.122. The fraction of sp³-hybridized carbons (Fsp3) is 0.211. The predicted molar refractivity (Wildman–Crippen MR) is 103 cm³/mol. The number of carbonyl (C=O) groups is 1. The zero-order valence-corrected chi connectivity index (χ0v) is 16.3. The maximum Gasteiger partial charge on any atom is 0.387 e. The van der Waals surface area contributed by atoms with E-state index in [1.165, 1.54) is 12.1 Å². The highest BCUT2D eigenvalue weighted by Gasteiger charge is 2.20. The second-order valence-corrected chi connectivity index (χ2v) is 6.84. The van der Waals surface area contributed by atoms with Crippen molar-refractivity contribution in [3.05, 3.63) is 42.5 Å². The number of nitrogens with zero attached hydrogens (tertiary/aromatic N) is 2. The summed E-state index contributed by atoms with van der Waals surface area (Å²) in [5.74, 6) is 1.62. The number of amides is 1. The predicted octanol–water partition coefficient (Wildman–Crippen LogP) is 3.94. The lowest BCUT2D eigenvalue weighted by Gasteiger charge is -2.13. The van der Waals surface area contributed by atoms with Gasteiger partial charge >= 0.3 is 6.61 Å². The Bertz CT molecular complexity index is 1040. The van der Waals surface area contributed by atoms with Crippen LogP contribution in [0.3, 0.4) is 0 Å². The van der Waals surface area contributed by atoms with Gasteiger partial charge in [-0.15, -0.1) is 0 Å². The summed E-state index contributed by atoms with van der Waals surface area (Å²) in [5.41, 5.74) is 0.595. The van der Waals surface area contributed by atoms with E-state index in [1.54, 1.807) is 37.3 Å². The van der Waals surface area contributed by atoms with Crippen molar-refractivity contribution in [2.75, 3.05) is 12.1 Å². The molecule has 0 bridgehead atoms. The summed E-state index contributed by atoms with van der Waals surface area (Å²) in [6, 6.07) is 10.9. The number of carbonyl (C=O) groups excluding carboxylic acids is 1. The first-order valence-electron chi connectivity index (χ1n) is 8.74. The molecular formula is C19H15F2N3O5S. The van der Waals surface area contributed by atoms with Gasteiger partial charge in [0.05, 0.1) is 0 Å². The monoisotopic (exact) mass is 435 g/mol. The smallest absolute Gasteiger partial charge is 0.387 e. The molecule has 0 radical (unpaired) electrons. The molecular weight excluding hydrogens is 420 g/mol. The highest BCUT2D eigenvalue weighted by Crippen LogP contribution is 2.35. The van der Waals surface area contributed by atoms with Crippen LogP contribution in [0.4, 0.5) is 13.9 Å². The van der Waals surface area contributed by atoms with E-state index in [0.29, 0.717) is 28.6 Å². The Morgan fingerprint density at radius 2 is 1.83 bits per heavy atom. The van der Waals surface area contributed by atoms with Gasteiger partial charge in [-0.05, 0) is 43.3 Å². The van der Waals surface area contributed by atoms with E-state index >= 15 is 0 Å². The first kappa shape index (κ1) is 19.8. The molecule has 0 spiro atoms. The topological polar surface area (TPSA) is 91.8 Å². The van der Waals surface area contributed by atoms with Crippen molar-refractivity contribution in [2.45, 2.75) is 19.6 Å². The largest absolute Gasteiger partial charge is 0.481 e. The number of fused-ring (bicyclic) bond motifs is 1. The molecule has 0 fully saturated rings. The summed E-state index contributed by atoms with van der Waals surface area (Å²) in [6.45, 7) is -1.14. The van der Waals surface area contributed by atoms with Gasteiger partial charge in [-0.3, -0.25) is 10.1 Å². The number of rotatable bonds is 7. The van der Waals surface area contributed by atoms with Crippen molar-refractivity contribution in [1.29, 1.82) is 0 Å². The van der Waals surface area contributed by atoms with Gasteiger partial charge < -0.3 is 18.9 Å². The summed E-state index contributed by atoms with van der Waals surface area (Å²) in [4.78, 5) is 16.6. The number of halogens is 2. The number of hydrogen-bond acceptors (Lipinski definition) is 8. The van der Waals surface area contributed by atoms with Crippen LogP contribution < -0.4 is 24.3 Å². The van der Waals surface area contributed by atoms with Crippen LogP contribution in [0, 0.1) is 0 Å². The molecule has 8 nitrogen and oxygen atoms in total. The number of alkyl halides is 2. The van der Waals surface area contributed by atoms with E-state index in [1.807, 2.05) is 0 Å². The van der Waals surface area contributed by atoms with E-state index in [9.17, 15) is 13.6 Å². The third kappa shape index (κ3) is 4.57. The highest BCUT2D eigenvalue weighted by molar-refractivity contribution is 7.10. The standard InChI is InChI=1S/C19H15F2N3O5S/c1-10(28-13-6-7-14-15(8-13)27-9-26-14)17(25)23-19-22-16(24-30-19)11-2-4-12(5-3-11)29-18(20)21/h2-8,10,18H,9H2,1H3,(H,22,23,24,25). The third-order valence-corrected chi connectivity index (χ3v) is 4.65. The molecule has 1 unspecified atom stereocenters. The molecule has 2 aromatic carbocycles. The Balaban J connectivity index is 1.36. The van der Waals surface area contributed by atoms with Crippen molar-refractivity contribution >= 4 is 22.6 Å². The van der Waals surface area contributed by atoms with Crippen molar-refractivity contribution < 1.29 is 32.5 Å². The third-order valence-electron chi connectivity index (χ3n) is 4.02. The summed E-state index contributed by atoms with van der Waals surface area (Å²) < 4.78 is 49.1. The SMILES string of the molecule is CC(Oc1ccc2c(c1)OCO2)C(=O)Nc1nc(-c2ccc(OC(F)F)cc2)ns1. The normalized spacial score (nSPS) is 13.2. The van der Waals surface area contributed by atoms with Crippen LogP contribution >= 0.6 is 11.5 Å². The molecule has 156 valence electrons. The van der Waals surface area contributed by atoms with E-state index in [4.69, 9.17) is 14.2 Å². The van der Waals surface area contributed by atoms with Crippen molar-refractivity contribution in [1.82, 2.24) is 9.36 Å². The first-order chi connectivity index (χ1) is 14.5. The summed E-state index contributed by atoms with van der Waals surface area (Å²) in [6.07, 6.45) is -0.802. The van der Waals surface area contributed by atoms with Gasteiger partial charge in [-0.2, -0.15) is 18.1 Å². The van der Waals surface area contributed by atoms with E-state index in [-0.39, 0.29) is 17.7 Å². The molecule has 30 heavy (non-hydrogen) atoms. The molecule has 11 heteroatoms. The van der Waals surface area contributed by atoms with Crippen LogP contribution in [-0.4, -0.2) is 34.8 Å². The quantitative estimate of drug-likeness (QED) is 0.601. The van der Waals surface area contributed by atoms with Crippen molar-refractivity contribution in [3.63, 3.8) is 0 Å². The lowest BCUT2D eigenvalue weighted by atomic mass is 10.2. The van der Waals surface area contributed by atoms with Crippen LogP contribution in [-0.2, 0) is 4.79 Å². The number of ether oxygens (including phenoxy) is 4. The Morgan fingerprint density at radius 3 is 2.60 bits per heavy atom. The number of nitrogens with one attached hydrogen (secondary N) is 1. The highest BCUT2D eigenvalue weighted by atomic mass is 32.1. The molecule has 0 saturated heterocycles. The molecule has 1 N–H and O–H groups in total. The number of benzene rings is 2. The molecule has 1 aromatic heterocycles. The van der Waals surface area contributed by atoms with Crippen LogP contribution in [0.1, 0.15) is 6.92 Å². The molecule has 1 aliphatic rings. The second-order valence-electron chi connectivity index (χ2n) is 6.09. The van der Waals surface area contributed by atoms with Gasteiger partial charge in [0.2, 0.25) is 11.9 Å². The Kier molecular flexibility index (Phi) is 5.61. The van der Waals surface area contributed by atoms with Gasteiger partial charge in [0.15, 0.2) is 23.4 Å². The molecule has 0 aliphatic carbocycles. The van der Waals surface area contributed by atoms with Gasteiger partial charge in [0.25, 0.3) is 5.91 Å². The van der Waals surface area contributed by atoms with Crippen molar-refractivity contribution in [2.24, 2.45) is 0 Å². The molecule has 0 saturated carbocycles. The minimum Gasteiger partial charge on any atom is -0.481 e. The van der Waals surface area contributed by atoms with E-state index in [0.717, 1.165) is 11.5 Å². The molecule has 1 aliphatic heterocycles. The summed E-state index contributed by atoms with van der Waals surface area (Å²) >= 11 is 0.991. The average Bonchev–Trinajstić information content (AvgIpc) is 3.37. The minimum absolute atomic E-state index is 0.0343. The van der Waals surface area contributed by atoms with Gasteiger partial charge in [0, 0.05) is 23.2 Å². The van der Waals surface area contributed by atoms with E-state index < -0.39 is 18.6 Å². The van der Waals surface area contributed by atoms with Crippen molar-refractivity contribution in [3.8, 4) is 34.4 Å². The van der Waals surface area contributed by atoms with Crippen LogP contribution in [0.5, 0.6) is 23.0 Å². The fourth-order valence-corrected chi connectivity index (χ4v) is 3.18. The van der Waals surface area contributed by atoms with E-state index in [2.05, 4.69) is 19.4 Å². The number of anilines is 1. The maximum absolute atomic E-state index is 12.4. The molecule has 4 rings (SSSR count). The summed E-state index contributed by atoms with van der Waals surface area (Å²) in [7, 11) is 0.